The van der Waals surface area contributed by atoms with Crippen LogP contribution in [0.3, 0.4) is 0 Å². The van der Waals surface area contributed by atoms with Crippen molar-refractivity contribution in [3.63, 3.8) is 0 Å². The summed E-state index contributed by atoms with van der Waals surface area (Å²) in [5.74, 6) is -0.902. The number of rotatable bonds is 8. The van der Waals surface area contributed by atoms with Crippen LogP contribution in [0.1, 0.15) is 11.1 Å². The fourth-order valence-electron chi connectivity index (χ4n) is 4.93. The van der Waals surface area contributed by atoms with Crippen molar-refractivity contribution in [3.8, 4) is 33.9 Å². The summed E-state index contributed by atoms with van der Waals surface area (Å²) >= 11 is 0. The monoisotopic (exact) mass is 588 g/mol. The van der Waals surface area contributed by atoms with Gasteiger partial charge < -0.3 is 9.88 Å². The topological polar surface area (TPSA) is 133 Å². The Morgan fingerprint density at radius 2 is 1.76 bits per heavy atom. The summed E-state index contributed by atoms with van der Waals surface area (Å²) in [6.45, 7) is 0.639. The lowest BCUT2D eigenvalue weighted by atomic mass is 10.0. The molecule has 0 aliphatic heterocycles. The number of nitrogens with zero attached hydrogens (tertiary/aromatic N) is 6. The summed E-state index contributed by atoms with van der Waals surface area (Å²) in [7, 11) is 0.662. The van der Waals surface area contributed by atoms with Gasteiger partial charge in [-0.15, -0.1) is 0 Å². The Hall–Kier alpha value is -4.62. The predicted molar refractivity (Wildman–Crippen MR) is 156 cm³/mol. The van der Waals surface area contributed by atoms with Crippen LogP contribution in [0.25, 0.3) is 56.0 Å². The number of imidazole rings is 1. The van der Waals surface area contributed by atoms with E-state index in [-0.39, 0.29) is 34.8 Å². The molecule has 0 radical (unpaired) electrons. The summed E-state index contributed by atoms with van der Waals surface area (Å²) in [4.78, 5) is 22.7. The van der Waals surface area contributed by atoms with E-state index >= 15 is 4.39 Å². The number of aryl methyl sites for hydroxylation is 1. The van der Waals surface area contributed by atoms with E-state index in [1.165, 1.54) is 18.3 Å². The predicted octanol–water partition coefficient (Wildman–Crippen LogP) is 4.55. The zero-order valence-electron chi connectivity index (χ0n) is 23.0. The molecule has 214 valence electrons. The molecule has 13 heteroatoms. The summed E-state index contributed by atoms with van der Waals surface area (Å²) < 4.78 is 54.0. The van der Waals surface area contributed by atoms with Crippen molar-refractivity contribution < 1.29 is 17.2 Å². The van der Waals surface area contributed by atoms with Gasteiger partial charge in [0.2, 0.25) is 0 Å². The molecule has 0 aliphatic rings. The van der Waals surface area contributed by atoms with Gasteiger partial charge in [-0.1, -0.05) is 6.07 Å². The molecule has 1 aromatic carbocycles. The second kappa shape index (κ2) is 10.7. The Morgan fingerprint density at radius 1 is 0.952 bits per heavy atom. The number of hydrogen-bond donors (Lipinski definition) is 2. The largest absolute Gasteiger partial charge is 0.335 e. The summed E-state index contributed by atoms with van der Waals surface area (Å²) in [6.07, 6.45) is 7.68. The maximum atomic E-state index is 16.1. The highest BCUT2D eigenvalue weighted by Gasteiger charge is 2.22. The maximum absolute atomic E-state index is 16.1. The molecule has 0 bridgehead atoms. The Labute approximate surface area is 239 Å². The van der Waals surface area contributed by atoms with Crippen molar-refractivity contribution in [2.24, 2.45) is 0 Å². The van der Waals surface area contributed by atoms with Crippen molar-refractivity contribution in [3.05, 3.63) is 77.9 Å². The van der Waals surface area contributed by atoms with Gasteiger partial charge in [-0.2, -0.15) is 5.10 Å². The third-order valence-electron chi connectivity index (χ3n) is 6.76. The molecule has 0 aliphatic carbocycles. The molecule has 6 aromatic rings. The van der Waals surface area contributed by atoms with Gasteiger partial charge >= 0.3 is 0 Å². The van der Waals surface area contributed by atoms with Crippen molar-refractivity contribution in [1.82, 2.24) is 40.0 Å². The second-order valence-corrected chi connectivity index (χ2v) is 12.7. The minimum Gasteiger partial charge on any atom is -0.335 e. The molecular formula is C29H26F2N8O2S. The van der Waals surface area contributed by atoms with Gasteiger partial charge in [0.05, 0.1) is 28.4 Å². The number of aromatic amines is 2. The number of benzene rings is 1. The van der Waals surface area contributed by atoms with E-state index in [4.69, 9.17) is 0 Å². The molecule has 0 saturated carbocycles. The number of fused-ring (bicyclic) bond motifs is 2. The highest BCUT2D eigenvalue weighted by Crippen LogP contribution is 2.34. The van der Waals surface area contributed by atoms with Crippen molar-refractivity contribution in [1.29, 1.82) is 0 Å². The molecule has 5 aromatic heterocycles. The van der Waals surface area contributed by atoms with Gasteiger partial charge in [-0.05, 0) is 61.5 Å². The van der Waals surface area contributed by atoms with E-state index in [9.17, 15) is 12.8 Å². The number of halogens is 2. The van der Waals surface area contributed by atoms with Crippen molar-refractivity contribution in [2.75, 3.05) is 26.1 Å². The minimum absolute atomic E-state index is 0.0967. The van der Waals surface area contributed by atoms with E-state index in [0.717, 1.165) is 11.8 Å². The Balaban J connectivity index is 1.43. The van der Waals surface area contributed by atoms with Crippen LogP contribution in [0.4, 0.5) is 8.78 Å². The van der Waals surface area contributed by atoms with Crippen LogP contribution in [-0.2, 0) is 22.8 Å². The number of aromatic nitrogens is 7. The van der Waals surface area contributed by atoms with Crippen molar-refractivity contribution >= 4 is 31.9 Å². The molecule has 5 heterocycles. The maximum Gasteiger partial charge on any atom is 0.178 e. The first-order valence-electron chi connectivity index (χ1n) is 13.0. The summed E-state index contributed by atoms with van der Waals surface area (Å²) in [5, 5.41) is 7.35. The third kappa shape index (κ3) is 5.48. The molecule has 6 rings (SSSR count). The Morgan fingerprint density at radius 3 is 2.55 bits per heavy atom. The lowest BCUT2D eigenvalue weighted by molar-refractivity contribution is 0.402. The number of H-pyrrole nitrogens is 2. The van der Waals surface area contributed by atoms with Crippen LogP contribution >= 0.6 is 0 Å². The Bertz CT molecular complexity index is 2070. The lowest BCUT2D eigenvalue weighted by Crippen LogP contribution is -2.10. The number of nitrogens with one attached hydrogen (secondary N) is 2. The SMILES string of the molecule is CN(C)Cc1cncc(-c2ncc3[nH]nc(-c4nc5nccc(-c6cc(F)cc(CCS(C)(=O)=O)c6)c5[nH]4)c3c2F)c1. The van der Waals surface area contributed by atoms with Crippen LogP contribution in [0, 0.1) is 11.6 Å². The second-order valence-electron chi connectivity index (χ2n) is 10.5. The molecule has 0 amide bonds. The number of hydrogen-bond acceptors (Lipinski definition) is 8. The van der Waals surface area contributed by atoms with Crippen LogP contribution in [-0.4, -0.2) is 74.5 Å². The summed E-state index contributed by atoms with van der Waals surface area (Å²) in [6, 6.07) is 7.98. The van der Waals surface area contributed by atoms with Crippen LogP contribution in [0.2, 0.25) is 0 Å². The van der Waals surface area contributed by atoms with Crippen LogP contribution < -0.4 is 0 Å². The average Bonchev–Trinajstić information content (AvgIpc) is 3.56. The van der Waals surface area contributed by atoms with Crippen molar-refractivity contribution in [2.45, 2.75) is 13.0 Å². The van der Waals surface area contributed by atoms with Gasteiger partial charge in [0.15, 0.2) is 17.3 Å². The first kappa shape index (κ1) is 27.5. The molecule has 10 nitrogen and oxygen atoms in total. The zero-order chi connectivity index (χ0) is 29.6. The minimum atomic E-state index is -3.22. The highest BCUT2D eigenvalue weighted by molar-refractivity contribution is 7.90. The van der Waals surface area contributed by atoms with Gasteiger partial charge in [0.25, 0.3) is 0 Å². The van der Waals surface area contributed by atoms with Gasteiger partial charge in [0, 0.05) is 42.5 Å². The molecule has 0 spiro atoms. The van der Waals surface area contributed by atoms with Gasteiger partial charge in [-0.25, -0.2) is 27.2 Å². The van der Waals surface area contributed by atoms with E-state index in [0.29, 0.717) is 45.5 Å². The normalized spacial score (nSPS) is 12.1. The van der Waals surface area contributed by atoms with Crippen LogP contribution in [0.15, 0.2) is 55.1 Å². The third-order valence-corrected chi connectivity index (χ3v) is 7.70. The molecule has 42 heavy (non-hydrogen) atoms. The quantitative estimate of drug-likeness (QED) is 0.265. The standard InChI is InChI=1S/C29H26F2N8O2S/c1-39(2)15-17-9-19(13-32-12-17)25-24(31)23-22(14-34-25)37-38-27(23)29-35-26-21(4-6-33-28(26)36-29)18-8-16(10-20(30)11-18)5-7-42(3,40)41/h4,6,8-14H,5,7,15H2,1-3H3,(H,37,38)(H,33,35,36). The first-order chi connectivity index (χ1) is 20.1. The van der Waals surface area contributed by atoms with E-state index < -0.39 is 21.5 Å². The molecule has 0 unspecified atom stereocenters. The zero-order valence-corrected chi connectivity index (χ0v) is 23.8. The highest BCUT2D eigenvalue weighted by atomic mass is 32.2. The van der Waals surface area contributed by atoms with Gasteiger partial charge in [0.1, 0.15) is 27.0 Å². The smallest absolute Gasteiger partial charge is 0.178 e. The fraction of sp³-hybridized carbons (Fsp3) is 0.207. The first-order valence-corrected chi connectivity index (χ1v) is 15.1. The molecule has 2 N–H and O–H groups in total. The molecule has 0 atom stereocenters. The average molecular weight is 589 g/mol. The number of sulfone groups is 1. The molecular weight excluding hydrogens is 562 g/mol. The number of pyridine rings is 3. The molecule has 0 fully saturated rings. The van der Waals surface area contributed by atoms with Gasteiger partial charge in [-0.3, -0.25) is 15.1 Å². The van der Waals surface area contributed by atoms with E-state index in [1.807, 2.05) is 25.1 Å². The fourth-order valence-corrected chi connectivity index (χ4v) is 5.54. The summed E-state index contributed by atoms with van der Waals surface area (Å²) in [5.41, 5.74) is 4.71. The Kier molecular flexibility index (Phi) is 6.99. The molecule has 0 saturated heterocycles. The lowest BCUT2D eigenvalue weighted by Gasteiger charge is -2.10. The van der Waals surface area contributed by atoms with E-state index in [1.54, 1.807) is 30.7 Å². The van der Waals surface area contributed by atoms with Crippen LogP contribution in [0.5, 0.6) is 0 Å². The van der Waals surface area contributed by atoms with E-state index in [2.05, 4.69) is 35.1 Å².